The minimum atomic E-state index is -1.61. The predicted molar refractivity (Wildman–Crippen MR) is 41.7 cm³/mol. The summed E-state index contributed by atoms with van der Waals surface area (Å²) in [5.41, 5.74) is 0. The molecular weight excluding hydrogens is 206 g/mol. The van der Waals surface area contributed by atoms with Crippen molar-refractivity contribution < 1.29 is 0 Å². The molecule has 0 aromatic heterocycles. The first kappa shape index (κ1) is 8.88. The van der Waals surface area contributed by atoms with Crippen LogP contribution in [0.25, 0.3) is 0 Å². The maximum atomic E-state index is 5.71. The van der Waals surface area contributed by atoms with Gasteiger partial charge in [-0.05, 0) is 0 Å². The van der Waals surface area contributed by atoms with Gasteiger partial charge in [-0.2, -0.15) is 0 Å². The fourth-order valence-electron chi connectivity index (χ4n) is 0.0690. The first-order valence-corrected chi connectivity index (χ1v) is 8.13. The molecule has 0 unspecified atom stereocenters. The summed E-state index contributed by atoms with van der Waals surface area (Å²) in [6.45, 7) is 7.62. The molecule has 0 aromatic rings. The predicted octanol–water partition coefficient (Wildman–Crippen LogP) is 2.92. The van der Waals surface area contributed by atoms with Crippen LogP contribution >= 0.6 is 19.9 Å². The summed E-state index contributed by atoms with van der Waals surface area (Å²) in [4.78, 5) is 0. The Bertz CT molecular complexity index is 88.4. The van der Waals surface area contributed by atoms with Crippen molar-refractivity contribution in [3.05, 3.63) is 12.7 Å². The third-order valence-corrected chi connectivity index (χ3v) is 7.67. The average Bonchev–Trinajstić information content (AvgIpc) is 1.67. The molecule has 0 fully saturated rings. The van der Waals surface area contributed by atoms with Crippen LogP contribution in [0.15, 0.2) is 12.7 Å². The molecule has 0 N–H and O–H groups in total. The molecule has 0 saturated heterocycles. The van der Waals surface area contributed by atoms with Crippen molar-refractivity contribution in [2.45, 2.75) is 18.1 Å². The van der Waals surface area contributed by atoms with Gasteiger partial charge >= 0.3 is 63.4 Å². The van der Waals surface area contributed by atoms with E-state index in [1.165, 1.54) is 0 Å². The van der Waals surface area contributed by atoms with E-state index in [2.05, 4.69) is 6.58 Å². The Kier molecular flexibility index (Phi) is 3.50. The molecule has 0 spiro atoms. The topological polar surface area (TPSA) is 0 Å². The molecule has 0 aliphatic carbocycles. The zero-order valence-electron chi connectivity index (χ0n) is 4.99. The Labute approximate surface area is 63.4 Å². The van der Waals surface area contributed by atoms with Crippen molar-refractivity contribution in [1.29, 1.82) is 0 Å². The molecule has 48 valence electrons. The van der Waals surface area contributed by atoms with E-state index in [0.29, 0.717) is 0 Å². The van der Waals surface area contributed by atoms with Crippen LogP contribution in [-0.4, -0.2) is 12.8 Å². The van der Waals surface area contributed by atoms with E-state index in [1.807, 2.05) is 19.9 Å². The van der Waals surface area contributed by atoms with Gasteiger partial charge in [-0.3, -0.25) is 0 Å². The first-order valence-electron chi connectivity index (χ1n) is 2.26. The second kappa shape index (κ2) is 3.15. The molecule has 0 aliphatic rings. The number of rotatable bonds is 2. The molecule has 0 atom stereocenters. The van der Waals surface area contributed by atoms with E-state index >= 15 is 0 Å². The summed E-state index contributed by atoms with van der Waals surface area (Å²) >= 11 is -1.61. The van der Waals surface area contributed by atoms with Crippen molar-refractivity contribution in [1.82, 2.24) is 0 Å². The van der Waals surface area contributed by atoms with Crippen LogP contribution in [-0.2, 0) is 0 Å². The molecular formula is C5H9AsCl2. The van der Waals surface area contributed by atoms with Crippen LogP contribution < -0.4 is 0 Å². The van der Waals surface area contributed by atoms with Crippen LogP contribution in [0.4, 0.5) is 0 Å². The molecule has 0 aromatic carbocycles. The van der Waals surface area contributed by atoms with Gasteiger partial charge in [0.05, 0.1) is 0 Å². The van der Waals surface area contributed by atoms with Gasteiger partial charge in [-0.15, -0.1) is 0 Å². The number of hydrogen-bond acceptors (Lipinski definition) is 0. The second-order valence-corrected chi connectivity index (χ2v) is 9.90. The third kappa shape index (κ3) is 2.44. The van der Waals surface area contributed by atoms with Gasteiger partial charge in [0.25, 0.3) is 0 Å². The van der Waals surface area contributed by atoms with Gasteiger partial charge < -0.3 is 0 Å². The van der Waals surface area contributed by atoms with E-state index in [1.54, 1.807) is 0 Å². The normalized spacial score (nSPS) is 12.1. The Hall–Kier alpha value is 0.878. The standard InChI is InChI=1S/C5H9AsCl2/c1-4-5(2,3)6(7)8/h4H,1H2,2-3H3. The SMILES string of the molecule is C=CC(C)(C)[As](Cl)Cl. The van der Waals surface area contributed by atoms with Gasteiger partial charge in [0, 0.05) is 0 Å². The summed E-state index contributed by atoms with van der Waals surface area (Å²) in [7, 11) is 11.4. The number of allylic oxidation sites excluding steroid dienone is 1. The molecule has 0 radical (unpaired) electrons. The summed E-state index contributed by atoms with van der Waals surface area (Å²) in [6.07, 6.45) is 1.81. The molecule has 0 saturated carbocycles. The van der Waals surface area contributed by atoms with E-state index in [0.717, 1.165) is 0 Å². The maximum absolute atomic E-state index is 5.71. The van der Waals surface area contributed by atoms with Gasteiger partial charge in [0.1, 0.15) is 0 Å². The monoisotopic (exact) mass is 214 g/mol. The van der Waals surface area contributed by atoms with E-state index in [9.17, 15) is 0 Å². The second-order valence-electron chi connectivity index (χ2n) is 2.09. The van der Waals surface area contributed by atoms with Crippen molar-refractivity contribution in [2.75, 3.05) is 0 Å². The minimum absolute atomic E-state index is 0.0177. The van der Waals surface area contributed by atoms with Crippen LogP contribution in [0.2, 0.25) is 4.20 Å². The summed E-state index contributed by atoms with van der Waals surface area (Å²) in [6, 6.07) is 0. The third-order valence-electron chi connectivity index (χ3n) is 0.935. The Balaban J connectivity index is 3.90. The summed E-state index contributed by atoms with van der Waals surface area (Å²) in [5, 5.41) is 0. The van der Waals surface area contributed by atoms with E-state index in [-0.39, 0.29) is 4.20 Å². The van der Waals surface area contributed by atoms with Crippen LogP contribution in [0, 0.1) is 0 Å². The molecule has 0 heterocycles. The summed E-state index contributed by atoms with van der Waals surface area (Å²) in [5.74, 6) is 0. The van der Waals surface area contributed by atoms with Crippen molar-refractivity contribution in [3.8, 4) is 0 Å². The Morgan fingerprint density at radius 2 is 1.88 bits per heavy atom. The summed E-state index contributed by atoms with van der Waals surface area (Å²) < 4.78 is -0.0177. The van der Waals surface area contributed by atoms with Crippen molar-refractivity contribution >= 4 is 32.7 Å². The fourth-order valence-corrected chi connectivity index (χ4v) is 1.08. The van der Waals surface area contributed by atoms with Gasteiger partial charge in [0.15, 0.2) is 0 Å². The van der Waals surface area contributed by atoms with Crippen LogP contribution in [0.3, 0.4) is 0 Å². The molecule has 3 heteroatoms. The van der Waals surface area contributed by atoms with Crippen molar-refractivity contribution in [3.63, 3.8) is 0 Å². The Morgan fingerprint density at radius 1 is 1.50 bits per heavy atom. The zero-order chi connectivity index (χ0) is 6.78. The van der Waals surface area contributed by atoms with Gasteiger partial charge in [0.2, 0.25) is 0 Å². The molecule has 0 amide bonds. The number of hydrogen-bond donors (Lipinski definition) is 0. The quantitative estimate of drug-likeness (QED) is 0.490. The fraction of sp³-hybridized carbons (Fsp3) is 0.600. The van der Waals surface area contributed by atoms with Crippen LogP contribution in [0.5, 0.6) is 0 Å². The number of halogens is 2. The zero-order valence-corrected chi connectivity index (χ0v) is 8.38. The first-order chi connectivity index (χ1) is 3.50. The average molecular weight is 215 g/mol. The Morgan fingerprint density at radius 3 is 1.88 bits per heavy atom. The molecule has 8 heavy (non-hydrogen) atoms. The molecule has 0 aliphatic heterocycles. The van der Waals surface area contributed by atoms with Crippen molar-refractivity contribution in [2.24, 2.45) is 0 Å². The van der Waals surface area contributed by atoms with Gasteiger partial charge in [-0.25, -0.2) is 0 Å². The van der Waals surface area contributed by atoms with E-state index in [4.69, 9.17) is 19.9 Å². The molecule has 0 rings (SSSR count). The van der Waals surface area contributed by atoms with E-state index < -0.39 is 12.8 Å². The van der Waals surface area contributed by atoms with Gasteiger partial charge in [-0.1, -0.05) is 0 Å². The molecule has 0 bridgehead atoms. The van der Waals surface area contributed by atoms with Crippen LogP contribution in [0.1, 0.15) is 13.8 Å². The molecule has 0 nitrogen and oxygen atoms in total.